The van der Waals surface area contributed by atoms with Crippen LogP contribution in [0.25, 0.3) is 0 Å². The van der Waals surface area contributed by atoms with E-state index in [0.717, 1.165) is 30.0 Å². The Hall–Kier alpha value is -2.52. The molecule has 13 nitrogen and oxygen atoms in total. The number of amides is 2. The van der Waals surface area contributed by atoms with Gasteiger partial charge in [-0.2, -0.15) is 4.31 Å². The second-order valence-electron chi connectivity index (χ2n) is 9.39. The molecule has 2 amide bonds. The van der Waals surface area contributed by atoms with Crippen LogP contribution in [0.2, 0.25) is 0 Å². The molecule has 2 bridgehead atoms. The third-order valence-electron chi connectivity index (χ3n) is 7.27. The third-order valence-corrected chi connectivity index (χ3v) is 9.10. The van der Waals surface area contributed by atoms with Crippen LogP contribution in [-0.2, 0) is 29.0 Å². The smallest absolute Gasteiger partial charge is 0.410 e. The second-order valence-corrected chi connectivity index (χ2v) is 11.3. The predicted molar refractivity (Wildman–Crippen MR) is 127 cm³/mol. The quantitative estimate of drug-likeness (QED) is 0.261. The first-order valence-corrected chi connectivity index (χ1v) is 13.8. The Morgan fingerprint density at radius 1 is 1.08 bits per heavy atom. The molecule has 3 heterocycles. The van der Waals surface area contributed by atoms with E-state index in [1.54, 1.807) is 12.6 Å². The third kappa shape index (κ3) is 5.82. The lowest BCUT2D eigenvalue weighted by atomic mass is 9.95. The molecule has 0 radical (unpaired) electrons. The fourth-order valence-corrected chi connectivity index (χ4v) is 6.99. The Morgan fingerprint density at radius 2 is 1.81 bits per heavy atom. The minimum atomic E-state index is -4.19. The van der Waals surface area contributed by atoms with E-state index < -0.39 is 40.1 Å². The molecule has 2 saturated heterocycles. The summed E-state index contributed by atoms with van der Waals surface area (Å²) in [5.41, 5.74) is 1.56. The van der Waals surface area contributed by atoms with Gasteiger partial charge in [-0.15, -0.1) is 0 Å². The number of ether oxygens (including phenoxy) is 4. The van der Waals surface area contributed by atoms with Crippen LogP contribution in [0.4, 0.5) is 4.79 Å². The minimum Gasteiger partial charge on any atom is -0.474 e. The summed E-state index contributed by atoms with van der Waals surface area (Å²) in [4.78, 5) is 30.9. The van der Waals surface area contributed by atoms with Crippen LogP contribution >= 0.6 is 0 Å². The number of carbonyl (C=O) groups is 2. The summed E-state index contributed by atoms with van der Waals surface area (Å²) in [5.74, 6) is -0.614. The molecule has 1 saturated carbocycles. The van der Waals surface area contributed by atoms with Crippen molar-refractivity contribution in [3.8, 4) is 5.88 Å². The number of rotatable bonds is 9. The van der Waals surface area contributed by atoms with Crippen LogP contribution in [0.5, 0.6) is 5.88 Å². The maximum Gasteiger partial charge on any atom is 0.410 e. The molecule has 3 atom stereocenters. The van der Waals surface area contributed by atoms with Crippen molar-refractivity contribution in [2.24, 2.45) is 0 Å². The standard InChI is InChI=1S/C23H34N4O9S/c1-33-11-12-35-23(29)27-15-3-9-19(27)21(22(28)25-30)26(14-15)37(31,32)18-8-10-20(24-13-18)36-17-6-4-16(34-2)5-7-17/h8,10,13,15-17,19,21,30H,3-7,9,11-12,14H2,1-2H3,(H,25,28)/t15-,16?,17?,19+,21-/m1/s1. The Balaban J connectivity index is 1.49. The number of pyridine rings is 1. The van der Waals surface area contributed by atoms with Crippen molar-refractivity contribution in [2.45, 2.75) is 73.8 Å². The van der Waals surface area contributed by atoms with Crippen molar-refractivity contribution in [2.75, 3.05) is 34.0 Å². The van der Waals surface area contributed by atoms with Crippen molar-refractivity contribution in [3.63, 3.8) is 0 Å². The number of methoxy groups -OCH3 is 2. The van der Waals surface area contributed by atoms with E-state index in [2.05, 4.69) is 4.98 Å². The first-order chi connectivity index (χ1) is 17.8. The van der Waals surface area contributed by atoms with E-state index in [9.17, 15) is 23.2 Å². The number of carbonyl (C=O) groups excluding carboxylic acids is 2. The zero-order valence-electron chi connectivity index (χ0n) is 20.9. The van der Waals surface area contributed by atoms with Crippen LogP contribution < -0.4 is 10.2 Å². The highest BCUT2D eigenvalue weighted by molar-refractivity contribution is 7.89. The molecular weight excluding hydrogens is 508 g/mol. The maximum absolute atomic E-state index is 13.6. The highest BCUT2D eigenvalue weighted by atomic mass is 32.2. The van der Waals surface area contributed by atoms with E-state index in [1.807, 2.05) is 0 Å². The van der Waals surface area contributed by atoms with Gasteiger partial charge >= 0.3 is 6.09 Å². The summed E-state index contributed by atoms with van der Waals surface area (Å²) in [5, 5.41) is 9.38. The van der Waals surface area contributed by atoms with Gasteiger partial charge in [-0.25, -0.2) is 23.7 Å². The van der Waals surface area contributed by atoms with Crippen molar-refractivity contribution in [3.05, 3.63) is 18.3 Å². The predicted octanol–water partition coefficient (Wildman–Crippen LogP) is 0.912. The Bertz CT molecular complexity index is 1050. The van der Waals surface area contributed by atoms with Gasteiger partial charge < -0.3 is 18.9 Å². The lowest BCUT2D eigenvalue weighted by molar-refractivity contribution is -0.136. The summed E-state index contributed by atoms with van der Waals surface area (Å²) in [6.07, 6.45) is 5.03. The number of nitrogens with one attached hydrogen (secondary N) is 1. The SMILES string of the molecule is COCCOC(=O)N1[C@@H]2CC[C@H]1[C@H](C(=O)NO)N(S(=O)(=O)c1ccc(OC3CCC(OC)CC3)nc1)C2. The molecule has 14 heteroatoms. The number of aromatic nitrogens is 1. The van der Waals surface area contributed by atoms with Crippen LogP contribution in [0.15, 0.2) is 23.2 Å². The molecule has 3 fully saturated rings. The molecule has 2 N–H and O–H groups in total. The first-order valence-electron chi connectivity index (χ1n) is 12.4. The fourth-order valence-electron chi connectivity index (χ4n) is 5.39. The highest BCUT2D eigenvalue weighted by Gasteiger charge is 2.55. The zero-order valence-corrected chi connectivity index (χ0v) is 21.8. The number of hydrogen-bond donors (Lipinski definition) is 2. The number of piperazine rings is 1. The van der Waals surface area contributed by atoms with Crippen molar-refractivity contribution >= 4 is 22.0 Å². The lowest BCUT2D eigenvalue weighted by Gasteiger charge is -2.44. The van der Waals surface area contributed by atoms with Gasteiger partial charge in [0.25, 0.3) is 5.91 Å². The molecule has 0 unspecified atom stereocenters. The monoisotopic (exact) mass is 542 g/mol. The van der Waals surface area contributed by atoms with E-state index in [-0.39, 0.29) is 36.9 Å². The molecular formula is C23H34N4O9S. The number of hydrogen-bond acceptors (Lipinski definition) is 10. The largest absolute Gasteiger partial charge is 0.474 e. The van der Waals surface area contributed by atoms with Gasteiger partial charge in [0.15, 0.2) is 0 Å². The molecule has 37 heavy (non-hydrogen) atoms. The fraction of sp³-hybridized carbons (Fsp3) is 0.696. The van der Waals surface area contributed by atoms with Crippen molar-refractivity contribution in [1.82, 2.24) is 19.7 Å². The van der Waals surface area contributed by atoms with E-state index in [0.29, 0.717) is 18.7 Å². The van der Waals surface area contributed by atoms with E-state index >= 15 is 0 Å². The Kier molecular flexibility index (Phi) is 8.85. The normalized spacial score (nSPS) is 28.1. The second kappa shape index (κ2) is 11.9. The van der Waals surface area contributed by atoms with Crippen LogP contribution in [-0.4, -0.2) is 104 Å². The summed E-state index contributed by atoms with van der Waals surface area (Å²) in [6, 6.07) is 0.271. The van der Waals surface area contributed by atoms with Crippen LogP contribution in [0.3, 0.4) is 0 Å². The minimum absolute atomic E-state index is 0.0219. The summed E-state index contributed by atoms with van der Waals surface area (Å²) < 4.78 is 49.7. The molecule has 206 valence electrons. The summed E-state index contributed by atoms with van der Waals surface area (Å²) in [7, 11) is -1.02. The number of sulfonamides is 1. The van der Waals surface area contributed by atoms with Gasteiger partial charge in [0.1, 0.15) is 23.6 Å². The Morgan fingerprint density at radius 3 is 2.43 bits per heavy atom. The number of hydroxylamine groups is 1. The van der Waals surface area contributed by atoms with Gasteiger partial charge in [0, 0.05) is 32.9 Å². The zero-order chi connectivity index (χ0) is 26.6. The first kappa shape index (κ1) is 27.5. The van der Waals surface area contributed by atoms with Gasteiger partial charge in [0.05, 0.1) is 24.9 Å². The molecule has 1 aromatic rings. The molecule has 1 aromatic heterocycles. The number of fused-ring (bicyclic) bond motifs is 2. The maximum atomic E-state index is 13.6. The number of nitrogens with zero attached hydrogens (tertiary/aromatic N) is 3. The van der Waals surface area contributed by atoms with Gasteiger partial charge in [-0.3, -0.25) is 14.9 Å². The summed E-state index contributed by atoms with van der Waals surface area (Å²) in [6.45, 7) is 0.104. The van der Waals surface area contributed by atoms with E-state index in [4.69, 9.17) is 18.9 Å². The molecule has 2 aliphatic heterocycles. The average molecular weight is 543 g/mol. The lowest BCUT2D eigenvalue weighted by Crippen LogP contribution is -2.66. The summed E-state index contributed by atoms with van der Waals surface area (Å²) >= 11 is 0. The Labute approximate surface area is 216 Å². The van der Waals surface area contributed by atoms with Crippen LogP contribution in [0.1, 0.15) is 38.5 Å². The highest BCUT2D eigenvalue weighted by Crippen LogP contribution is 2.38. The van der Waals surface area contributed by atoms with Crippen LogP contribution in [0, 0.1) is 0 Å². The average Bonchev–Trinajstić information content (AvgIpc) is 3.22. The van der Waals surface area contributed by atoms with Crippen molar-refractivity contribution in [1.29, 1.82) is 0 Å². The van der Waals surface area contributed by atoms with Gasteiger partial charge in [-0.1, -0.05) is 0 Å². The molecule has 4 rings (SSSR count). The van der Waals surface area contributed by atoms with E-state index in [1.165, 1.54) is 30.3 Å². The molecule has 0 aromatic carbocycles. The van der Waals surface area contributed by atoms with Crippen molar-refractivity contribution < 1.29 is 42.2 Å². The topological polar surface area (TPSA) is 157 Å². The molecule has 3 aliphatic rings. The van der Waals surface area contributed by atoms with Gasteiger partial charge in [0.2, 0.25) is 15.9 Å². The molecule has 0 spiro atoms. The molecule has 1 aliphatic carbocycles. The van der Waals surface area contributed by atoms with Gasteiger partial charge in [-0.05, 0) is 44.6 Å².